The Morgan fingerprint density at radius 3 is 2.56 bits per heavy atom. The van der Waals surface area contributed by atoms with Gasteiger partial charge in [0, 0.05) is 31.9 Å². The van der Waals surface area contributed by atoms with E-state index >= 15 is 0 Å². The fraction of sp³-hybridized carbons (Fsp3) is 0.536. The maximum absolute atomic E-state index is 12.9. The number of nitrogens with one attached hydrogen (secondary N) is 3. The van der Waals surface area contributed by atoms with E-state index in [4.69, 9.17) is 11.6 Å². The SMILES string of the molecule is C.O=C(NCC12CCCC(CCC1)C2)c1cc(NCCNCC(O)c2ccccc2)ccc1Cl. The van der Waals surface area contributed by atoms with E-state index in [-0.39, 0.29) is 18.7 Å². The van der Waals surface area contributed by atoms with Crippen LogP contribution in [-0.4, -0.2) is 37.2 Å². The Hall–Kier alpha value is -2.08. The normalized spacial score (nSPS) is 22.4. The van der Waals surface area contributed by atoms with Gasteiger partial charge in [-0.2, -0.15) is 0 Å². The van der Waals surface area contributed by atoms with E-state index in [2.05, 4.69) is 16.0 Å². The summed E-state index contributed by atoms with van der Waals surface area (Å²) < 4.78 is 0. The van der Waals surface area contributed by atoms with Gasteiger partial charge in [-0.25, -0.2) is 0 Å². The Bertz CT molecular complexity index is 911. The molecule has 6 heteroatoms. The maximum atomic E-state index is 12.9. The summed E-state index contributed by atoms with van der Waals surface area (Å²) in [6, 6.07) is 15.1. The predicted molar refractivity (Wildman–Crippen MR) is 142 cm³/mol. The minimum Gasteiger partial charge on any atom is -0.387 e. The minimum atomic E-state index is -0.528. The number of aliphatic hydroxyl groups is 1. The molecule has 5 nitrogen and oxygen atoms in total. The predicted octanol–water partition coefficient (Wildman–Crippen LogP) is 5.80. The number of amides is 1. The van der Waals surface area contributed by atoms with E-state index in [1.807, 2.05) is 42.5 Å². The van der Waals surface area contributed by atoms with Gasteiger partial charge in [-0.05, 0) is 54.4 Å². The van der Waals surface area contributed by atoms with E-state index in [1.54, 1.807) is 6.07 Å². The van der Waals surface area contributed by atoms with Gasteiger partial charge in [0.05, 0.1) is 16.7 Å². The van der Waals surface area contributed by atoms with Gasteiger partial charge in [-0.15, -0.1) is 0 Å². The molecule has 4 rings (SSSR count). The molecule has 2 bridgehead atoms. The highest BCUT2D eigenvalue weighted by atomic mass is 35.5. The third-order valence-electron chi connectivity index (χ3n) is 7.35. The number of rotatable bonds is 10. The van der Waals surface area contributed by atoms with Gasteiger partial charge in [0.25, 0.3) is 5.91 Å². The fourth-order valence-corrected chi connectivity index (χ4v) is 5.77. The van der Waals surface area contributed by atoms with Crippen LogP contribution in [0, 0.1) is 11.3 Å². The first-order valence-electron chi connectivity index (χ1n) is 12.3. The van der Waals surface area contributed by atoms with Crippen molar-refractivity contribution in [2.45, 2.75) is 58.5 Å². The van der Waals surface area contributed by atoms with Gasteiger partial charge in [0.1, 0.15) is 0 Å². The molecule has 0 aliphatic heterocycles. The van der Waals surface area contributed by atoms with Crippen molar-refractivity contribution in [2.75, 3.05) is 31.5 Å². The van der Waals surface area contributed by atoms with Crippen LogP contribution in [0.15, 0.2) is 48.5 Å². The lowest BCUT2D eigenvalue weighted by Gasteiger charge is -2.45. The quantitative estimate of drug-likeness (QED) is 0.321. The number of fused-ring (bicyclic) bond motifs is 2. The molecule has 1 atom stereocenters. The van der Waals surface area contributed by atoms with Crippen molar-refractivity contribution < 1.29 is 9.90 Å². The van der Waals surface area contributed by atoms with Crippen molar-refractivity contribution in [1.82, 2.24) is 10.6 Å². The van der Waals surface area contributed by atoms with Crippen LogP contribution < -0.4 is 16.0 Å². The number of carbonyl (C=O) groups excluding carboxylic acids is 1. The lowest BCUT2D eigenvalue weighted by Crippen LogP contribution is -2.43. The van der Waals surface area contributed by atoms with Crippen molar-refractivity contribution in [3.05, 3.63) is 64.7 Å². The molecule has 34 heavy (non-hydrogen) atoms. The Morgan fingerprint density at radius 2 is 1.82 bits per heavy atom. The summed E-state index contributed by atoms with van der Waals surface area (Å²) in [6.45, 7) is 2.61. The molecule has 0 radical (unpaired) electrons. The summed E-state index contributed by atoms with van der Waals surface area (Å²) in [5.74, 6) is 0.762. The molecule has 0 spiro atoms. The molecule has 2 aliphatic rings. The van der Waals surface area contributed by atoms with Crippen LogP contribution in [-0.2, 0) is 0 Å². The van der Waals surface area contributed by atoms with Crippen molar-refractivity contribution in [3.63, 3.8) is 0 Å². The van der Waals surface area contributed by atoms with Crippen LogP contribution in [0.5, 0.6) is 0 Å². The molecule has 0 aromatic heterocycles. The Balaban J connectivity index is 0.00000324. The second-order valence-corrected chi connectivity index (χ2v) is 10.2. The monoisotopic (exact) mass is 485 g/mol. The van der Waals surface area contributed by atoms with Crippen LogP contribution in [0.1, 0.15) is 74.4 Å². The van der Waals surface area contributed by atoms with Crippen LogP contribution in [0.2, 0.25) is 5.02 Å². The zero-order valence-corrected chi connectivity index (χ0v) is 20.0. The number of aliphatic hydroxyl groups excluding tert-OH is 1. The smallest absolute Gasteiger partial charge is 0.252 e. The summed E-state index contributed by atoms with van der Waals surface area (Å²) in [7, 11) is 0. The number of halogens is 1. The first-order chi connectivity index (χ1) is 16.0. The molecule has 0 saturated heterocycles. The van der Waals surface area contributed by atoms with Crippen molar-refractivity contribution in [3.8, 4) is 0 Å². The van der Waals surface area contributed by atoms with Gasteiger partial charge in [-0.1, -0.05) is 75.0 Å². The fourth-order valence-electron chi connectivity index (χ4n) is 5.57. The highest BCUT2D eigenvalue weighted by Crippen LogP contribution is 2.48. The van der Waals surface area contributed by atoms with Crippen LogP contribution >= 0.6 is 11.6 Å². The number of anilines is 1. The molecule has 2 fully saturated rings. The Morgan fingerprint density at radius 1 is 1.09 bits per heavy atom. The zero-order valence-electron chi connectivity index (χ0n) is 19.3. The van der Waals surface area contributed by atoms with Crippen molar-refractivity contribution in [2.24, 2.45) is 11.3 Å². The summed E-state index contributed by atoms with van der Waals surface area (Å²) in [5.41, 5.74) is 2.58. The average Bonchev–Trinajstić information content (AvgIpc) is 2.84. The third-order valence-corrected chi connectivity index (χ3v) is 7.68. The summed E-state index contributed by atoms with van der Waals surface area (Å²) >= 11 is 6.36. The molecule has 2 aliphatic carbocycles. The highest BCUT2D eigenvalue weighted by Gasteiger charge is 2.39. The zero-order chi connectivity index (χ0) is 23.1. The van der Waals surface area contributed by atoms with E-state index in [0.29, 0.717) is 30.2 Å². The van der Waals surface area contributed by atoms with E-state index < -0.39 is 6.10 Å². The van der Waals surface area contributed by atoms with Gasteiger partial charge in [0.15, 0.2) is 0 Å². The molecule has 2 saturated carbocycles. The number of hydrogen-bond acceptors (Lipinski definition) is 4. The number of hydrogen-bond donors (Lipinski definition) is 4. The molecule has 186 valence electrons. The second kappa shape index (κ2) is 12.6. The number of carbonyl (C=O) groups is 1. The van der Waals surface area contributed by atoms with Gasteiger partial charge in [0.2, 0.25) is 0 Å². The molecule has 1 amide bonds. The summed E-state index contributed by atoms with van der Waals surface area (Å²) in [5, 5.41) is 20.5. The molecule has 2 aromatic carbocycles. The van der Waals surface area contributed by atoms with Crippen LogP contribution in [0.25, 0.3) is 0 Å². The number of benzene rings is 2. The lowest BCUT2D eigenvalue weighted by molar-refractivity contribution is 0.0682. The molecule has 4 N–H and O–H groups in total. The molecule has 0 heterocycles. The topological polar surface area (TPSA) is 73.4 Å². The van der Waals surface area contributed by atoms with Crippen LogP contribution in [0.3, 0.4) is 0 Å². The van der Waals surface area contributed by atoms with Gasteiger partial charge >= 0.3 is 0 Å². The lowest BCUT2D eigenvalue weighted by atomic mass is 9.62. The van der Waals surface area contributed by atoms with E-state index in [9.17, 15) is 9.90 Å². The van der Waals surface area contributed by atoms with Gasteiger partial charge in [-0.3, -0.25) is 4.79 Å². The second-order valence-electron chi connectivity index (χ2n) is 9.79. The first kappa shape index (κ1) is 26.5. The standard InChI is InChI=1S/C27H36ClN3O2.CH4/c28-24-11-10-22(30-15-14-29-18-25(32)21-8-2-1-3-9-21)16-23(24)26(33)31-19-27-12-4-6-20(17-27)7-5-13-27;/h1-3,8-11,16,20,25,29-30,32H,4-7,12-15,17-19H2,(H,31,33);1H4. The molecular formula is C28H40ClN3O2. The Labute approximate surface area is 209 Å². The molecule has 1 unspecified atom stereocenters. The maximum Gasteiger partial charge on any atom is 0.252 e. The van der Waals surface area contributed by atoms with Gasteiger partial charge < -0.3 is 21.1 Å². The van der Waals surface area contributed by atoms with Crippen molar-refractivity contribution in [1.29, 1.82) is 0 Å². The molecule has 2 aromatic rings. The average molecular weight is 486 g/mol. The highest BCUT2D eigenvalue weighted by molar-refractivity contribution is 6.34. The van der Waals surface area contributed by atoms with E-state index in [0.717, 1.165) is 23.7 Å². The Kier molecular flexibility index (Phi) is 9.81. The third kappa shape index (κ3) is 6.97. The molecular weight excluding hydrogens is 446 g/mol. The van der Waals surface area contributed by atoms with E-state index in [1.165, 1.54) is 44.9 Å². The van der Waals surface area contributed by atoms with Crippen LogP contribution in [0.4, 0.5) is 5.69 Å². The largest absolute Gasteiger partial charge is 0.387 e. The minimum absolute atomic E-state index is 0. The van der Waals surface area contributed by atoms with Crippen molar-refractivity contribution >= 4 is 23.2 Å². The summed E-state index contributed by atoms with van der Waals surface area (Å²) in [6.07, 6.45) is 8.48. The summed E-state index contributed by atoms with van der Waals surface area (Å²) in [4.78, 5) is 12.9. The first-order valence-corrected chi connectivity index (χ1v) is 12.7.